The lowest BCUT2D eigenvalue weighted by Gasteiger charge is -2.26. The zero-order valence-corrected chi connectivity index (χ0v) is 29.9. The zero-order valence-electron chi connectivity index (χ0n) is 27.9. The van der Waals surface area contributed by atoms with Crippen LogP contribution in [0.5, 0.6) is 0 Å². The number of ether oxygens (including phenoxy) is 5. The number of carboxylic acids is 1. The Labute approximate surface area is 288 Å². The minimum absolute atomic E-state index is 0. The van der Waals surface area contributed by atoms with Gasteiger partial charge in [-0.25, -0.2) is 24.0 Å². The number of esters is 3. The Hall–Kier alpha value is -3.92. The first-order valence-electron chi connectivity index (χ1n) is 14.2. The van der Waals surface area contributed by atoms with Gasteiger partial charge in [-0.2, -0.15) is 27.0 Å². The second kappa shape index (κ2) is 18.4. The highest BCUT2D eigenvalue weighted by atomic mass is 32.1. The summed E-state index contributed by atoms with van der Waals surface area (Å²) in [5, 5.41) is 9.10. The number of carbonyl (C=O) groups excluding carboxylic acids is 5. The molecule has 0 spiro atoms. The summed E-state index contributed by atoms with van der Waals surface area (Å²) in [7, 11) is 2.47. The molecule has 0 aliphatic carbocycles. The third-order valence-electron chi connectivity index (χ3n) is 6.34. The minimum atomic E-state index is -1.16. The number of rotatable bonds is 6. The summed E-state index contributed by atoms with van der Waals surface area (Å²) in [6.07, 6.45) is -0.112. The fourth-order valence-corrected chi connectivity index (χ4v) is 4.33. The predicted molar refractivity (Wildman–Crippen MR) is 178 cm³/mol. The molecule has 1 fully saturated rings. The largest absolute Gasteiger partial charge is 0.480 e. The molecule has 1 aromatic carbocycles. The molecule has 3 rings (SSSR count). The van der Waals surface area contributed by atoms with Crippen LogP contribution in [0.25, 0.3) is 0 Å². The summed E-state index contributed by atoms with van der Waals surface area (Å²) >= 11 is 0. The molecule has 0 bridgehead atoms. The van der Waals surface area contributed by atoms with E-state index in [2.05, 4.69) is 9.47 Å². The van der Waals surface area contributed by atoms with Crippen molar-refractivity contribution in [3.05, 3.63) is 47.7 Å². The second-order valence-corrected chi connectivity index (χ2v) is 12.3. The quantitative estimate of drug-likeness (QED) is 0.335. The molecule has 0 saturated carbocycles. The number of hydrogen-bond acceptors (Lipinski definition) is 11. The van der Waals surface area contributed by atoms with Crippen molar-refractivity contribution in [2.24, 2.45) is 5.92 Å². The average Bonchev–Trinajstić information content (AvgIpc) is 3.60. The average molecular weight is 703 g/mol. The highest BCUT2D eigenvalue weighted by Gasteiger charge is 2.44. The molecule has 47 heavy (non-hydrogen) atoms. The van der Waals surface area contributed by atoms with Gasteiger partial charge in [-0.1, -0.05) is 30.3 Å². The summed E-state index contributed by atoms with van der Waals surface area (Å²) in [6.45, 7) is 10.3. The van der Waals surface area contributed by atoms with Gasteiger partial charge < -0.3 is 28.8 Å². The van der Waals surface area contributed by atoms with Crippen molar-refractivity contribution >= 4 is 63.1 Å². The van der Waals surface area contributed by atoms with Crippen molar-refractivity contribution in [2.45, 2.75) is 84.3 Å². The van der Waals surface area contributed by atoms with Gasteiger partial charge in [0.05, 0.1) is 25.7 Å². The standard InChI is InChI=1S/C19H23NO6.C12H19NO6.2H2S/c1-19(2,3)26-18(23)20-11-14(16(21)24-4)10-15(20)17(22)25-12-13-8-6-5-7-9-13;1-12(2,3)19-11(17)13-6-7(10(16)18-4)5-8(13)9(14)15;;/h5-9,11,15H,10,12H2,1-4H3;7-8H,5-6H2,1-4H3,(H,14,15);2*1H2/t15-;7-,8-;;/m00../s1. The Morgan fingerprint density at radius 1 is 0.809 bits per heavy atom. The van der Waals surface area contributed by atoms with Gasteiger partial charge in [-0.15, -0.1) is 0 Å². The van der Waals surface area contributed by atoms with Gasteiger partial charge in [0.2, 0.25) is 0 Å². The van der Waals surface area contributed by atoms with Crippen molar-refractivity contribution in [1.29, 1.82) is 0 Å². The molecular weight excluding hydrogens is 656 g/mol. The van der Waals surface area contributed by atoms with Crippen molar-refractivity contribution in [2.75, 3.05) is 20.8 Å². The van der Waals surface area contributed by atoms with Gasteiger partial charge in [0.1, 0.15) is 29.9 Å². The predicted octanol–water partition coefficient (Wildman–Crippen LogP) is 3.89. The lowest BCUT2D eigenvalue weighted by Crippen LogP contribution is -2.43. The van der Waals surface area contributed by atoms with Crippen LogP contribution >= 0.6 is 27.0 Å². The van der Waals surface area contributed by atoms with Crippen LogP contribution in [-0.2, 0) is 49.5 Å². The molecule has 16 heteroatoms. The molecule has 2 aliphatic rings. The number of benzene rings is 1. The number of likely N-dealkylation sites (tertiary alicyclic amines) is 1. The van der Waals surface area contributed by atoms with E-state index < -0.39 is 65.3 Å². The van der Waals surface area contributed by atoms with Gasteiger partial charge in [0, 0.05) is 19.2 Å². The first-order chi connectivity index (χ1) is 20.9. The van der Waals surface area contributed by atoms with E-state index in [0.29, 0.717) is 0 Å². The second-order valence-electron chi connectivity index (χ2n) is 12.3. The SMILES string of the molecule is COC(=O)C1=CN(C(=O)OC(C)(C)C)[C@H](C(=O)OCc2ccccc2)C1.COC(=O)[C@H]1C[C@@H](C(=O)O)N(C(=O)OC(C)(C)C)C1.S.S. The Morgan fingerprint density at radius 3 is 1.85 bits per heavy atom. The van der Waals surface area contributed by atoms with E-state index in [1.165, 1.54) is 20.4 Å². The van der Waals surface area contributed by atoms with Crippen LogP contribution in [0.3, 0.4) is 0 Å². The van der Waals surface area contributed by atoms with Crippen molar-refractivity contribution < 1.29 is 57.6 Å². The first-order valence-corrected chi connectivity index (χ1v) is 14.2. The van der Waals surface area contributed by atoms with Crippen LogP contribution in [0.1, 0.15) is 59.9 Å². The van der Waals surface area contributed by atoms with Gasteiger partial charge in [0.15, 0.2) is 0 Å². The van der Waals surface area contributed by atoms with Gasteiger partial charge in [-0.05, 0) is 53.5 Å². The maximum atomic E-state index is 12.5. The van der Waals surface area contributed by atoms with E-state index in [9.17, 15) is 28.8 Å². The zero-order chi connectivity index (χ0) is 34.1. The van der Waals surface area contributed by atoms with E-state index in [4.69, 9.17) is 19.3 Å². The van der Waals surface area contributed by atoms with Gasteiger partial charge in [0.25, 0.3) is 0 Å². The lowest BCUT2D eigenvalue weighted by atomic mass is 10.1. The van der Waals surface area contributed by atoms with E-state index >= 15 is 0 Å². The molecule has 1 aromatic rings. The molecule has 0 radical (unpaired) electrons. The normalized spacial score (nSPS) is 18.6. The van der Waals surface area contributed by atoms with Gasteiger partial charge >= 0.3 is 36.1 Å². The van der Waals surface area contributed by atoms with Crippen LogP contribution in [0, 0.1) is 5.92 Å². The van der Waals surface area contributed by atoms with Crippen LogP contribution in [0.15, 0.2) is 42.1 Å². The highest BCUT2D eigenvalue weighted by molar-refractivity contribution is 7.59. The van der Waals surface area contributed by atoms with Crippen LogP contribution in [-0.4, -0.2) is 95.0 Å². The Bertz CT molecular complexity index is 1290. The van der Waals surface area contributed by atoms with E-state index in [1.807, 2.05) is 30.3 Å². The molecule has 2 heterocycles. The Morgan fingerprint density at radius 2 is 1.36 bits per heavy atom. The lowest BCUT2D eigenvalue weighted by molar-refractivity contribution is -0.150. The Balaban J connectivity index is 0.000000904. The molecule has 2 aliphatic heterocycles. The molecule has 1 saturated heterocycles. The summed E-state index contributed by atoms with van der Waals surface area (Å²) in [6, 6.07) is 7.16. The third kappa shape index (κ3) is 13.4. The number of nitrogens with zero attached hydrogens (tertiary/aromatic N) is 2. The number of carbonyl (C=O) groups is 6. The summed E-state index contributed by atoms with van der Waals surface area (Å²) in [5.41, 5.74) is -0.426. The number of hydrogen-bond donors (Lipinski definition) is 1. The molecule has 3 atom stereocenters. The maximum absolute atomic E-state index is 12.5. The number of amides is 2. The molecule has 14 nitrogen and oxygen atoms in total. The highest BCUT2D eigenvalue weighted by Crippen LogP contribution is 2.28. The van der Waals surface area contributed by atoms with Crippen LogP contribution < -0.4 is 0 Å². The smallest absolute Gasteiger partial charge is 0.415 e. The van der Waals surface area contributed by atoms with E-state index in [1.54, 1.807) is 41.5 Å². The minimum Gasteiger partial charge on any atom is -0.480 e. The molecule has 2 amide bonds. The molecule has 0 aromatic heterocycles. The molecule has 1 N–H and O–H groups in total. The fraction of sp³-hybridized carbons (Fsp3) is 0.548. The topological polar surface area (TPSA) is 175 Å². The first kappa shape index (κ1) is 43.1. The molecule has 0 unspecified atom stereocenters. The maximum Gasteiger partial charge on any atom is 0.415 e. The van der Waals surface area contributed by atoms with Crippen LogP contribution in [0.4, 0.5) is 9.59 Å². The monoisotopic (exact) mass is 702 g/mol. The third-order valence-corrected chi connectivity index (χ3v) is 6.34. The summed E-state index contributed by atoms with van der Waals surface area (Å²) in [5.74, 6) is -3.51. The van der Waals surface area contributed by atoms with Crippen molar-refractivity contribution in [3.63, 3.8) is 0 Å². The summed E-state index contributed by atoms with van der Waals surface area (Å²) in [4.78, 5) is 73.3. The van der Waals surface area contributed by atoms with Gasteiger partial charge in [-0.3, -0.25) is 14.6 Å². The van der Waals surface area contributed by atoms with E-state index in [0.717, 1.165) is 15.4 Å². The fourth-order valence-electron chi connectivity index (χ4n) is 4.33. The van der Waals surface area contributed by atoms with Crippen molar-refractivity contribution in [1.82, 2.24) is 9.80 Å². The number of carboxylic acid groups (broad SMARTS) is 1. The number of methoxy groups -OCH3 is 2. The molecular formula is C31H46N2O12S2. The van der Waals surface area contributed by atoms with Crippen LogP contribution in [0.2, 0.25) is 0 Å². The molecule has 264 valence electrons. The van der Waals surface area contributed by atoms with Crippen molar-refractivity contribution in [3.8, 4) is 0 Å². The number of aliphatic carboxylic acids is 1. The Kier molecular flexibility index (Phi) is 16.9. The summed E-state index contributed by atoms with van der Waals surface area (Å²) < 4.78 is 25.0. The van der Waals surface area contributed by atoms with E-state index in [-0.39, 0.29) is 58.6 Å².